The fourth-order valence-electron chi connectivity index (χ4n) is 1.03. The quantitative estimate of drug-likeness (QED) is 0.482. The van der Waals surface area contributed by atoms with E-state index in [-0.39, 0.29) is 9.93 Å². The van der Waals surface area contributed by atoms with E-state index in [9.17, 15) is 0 Å². The maximum absolute atomic E-state index is 5.22. The second-order valence-corrected chi connectivity index (χ2v) is 6.18. The van der Waals surface area contributed by atoms with Crippen molar-refractivity contribution in [3.8, 4) is 0 Å². The zero-order valence-corrected chi connectivity index (χ0v) is 8.07. The molecule has 4 heteroatoms. The molecule has 0 spiro atoms. The molecule has 0 radical (unpaired) electrons. The number of hydrogen-bond acceptors (Lipinski definition) is 3. The third-order valence-electron chi connectivity index (χ3n) is 1.51. The zero-order chi connectivity index (χ0) is 7.40. The number of thiol groups is 2. The van der Waals surface area contributed by atoms with Crippen molar-refractivity contribution in [2.24, 2.45) is 0 Å². The van der Waals surface area contributed by atoms with Gasteiger partial charge in [-0.05, 0) is 6.26 Å². The maximum atomic E-state index is 5.22. The summed E-state index contributed by atoms with van der Waals surface area (Å²) in [6, 6.07) is 0. The van der Waals surface area contributed by atoms with Gasteiger partial charge in [0.25, 0.3) is 0 Å². The van der Waals surface area contributed by atoms with Crippen LogP contribution < -0.4 is 0 Å². The SMILES string of the molecule is C[SH](S)CN1CCOCC1. The van der Waals surface area contributed by atoms with Crippen LogP contribution in [0.1, 0.15) is 0 Å². The van der Waals surface area contributed by atoms with Crippen molar-refractivity contribution in [2.45, 2.75) is 0 Å². The van der Waals surface area contributed by atoms with Crippen molar-refractivity contribution in [1.29, 1.82) is 0 Å². The van der Waals surface area contributed by atoms with Gasteiger partial charge in [0.05, 0.1) is 13.2 Å². The molecule has 1 saturated heterocycles. The Balaban J connectivity index is 2.13. The van der Waals surface area contributed by atoms with Crippen LogP contribution in [0.3, 0.4) is 0 Å². The van der Waals surface area contributed by atoms with Crippen LogP contribution in [0.15, 0.2) is 0 Å². The lowest BCUT2D eigenvalue weighted by atomic mass is 10.5. The monoisotopic (exact) mass is 181 g/mol. The third kappa shape index (κ3) is 3.14. The molecule has 1 heterocycles. The first-order valence-electron chi connectivity index (χ1n) is 3.49. The fraction of sp³-hybridized carbons (Fsp3) is 1.00. The Hall–Kier alpha value is 0.620. The number of rotatable bonds is 2. The molecular weight excluding hydrogens is 166 g/mol. The molecule has 10 heavy (non-hydrogen) atoms. The van der Waals surface area contributed by atoms with Crippen molar-refractivity contribution in [1.82, 2.24) is 4.90 Å². The van der Waals surface area contributed by atoms with Crippen molar-refractivity contribution >= 4 is 21.6 Å². The van der Waals surface area contributed by atoms with E-state index in [1.807, 2.05) is 0 Å². The molecule has 0 bridgehead atoms. The molecule has 0 amide bonds. The van der Waals surface area contributed by atoms with Gasteiger partial charge in [0.1, 0.15) is 0 Å². The first-order chi connectivity index (χ1) is 4.79. The molecule has 0 aromatic carbocycles. The number of ether oxygens (including phenoxy) is 1. The minimum Gasteiger partial charge on any atom is -0.379 e. The molecule has 62 valence electrons. The summed E-state index contributed by atoms with van der Waals surface area (Å²) in [5.41, 5.74) is 0. The number of nitrogens with zero attached hydrogens (tertiary/aromatic N) is 1. The van der Waals surface area contributed by atoms with E-state index < -0.39 is 0 Å². The van der Waals surface area contributed by atoms with Crippen LogP contribution in [-0.4, -0.2) is 43.3 Å². The Labute approximate surface area is 70.1 Å². The highest BCUT2D eigenvalue weighted by molar-refractivity contribution is 8.77. The Kier molecular flexibility index (Phi) is 3.91. The molecular formula is C6H15NOS2. The molecule has 1 aliphatic rings. The summed E-state index contributed by atoms with van der Waals surface area (Å²) in [7, 11) is -0.0585. The average Bonchev–Trinajstić information content (AvgIpc) is 1.88. The summed E-state index contributed by atoms with van der Waals surface area (Å²) in [5, 5.41) is 0. The molecule has 1 unspecified atom stereocenters. The first kappa shape index (κ1) is 8.71. The highest BCUT2D eigenvalue weighted by Crippen LogP contribution is 2.25. The summed E-state index contributed by atoms with van der Waals surface area (Å²) in [6.07, 6.45) is 2.19. The van der Waals surface area contributed by atoms with Crippen LogP contribution in [0.25, 0.3) is 0 Å². The van der Waals surface area contributed by atoms with E-state index in [1.54, 1.807) is 0 Å². The summed E-state index contributed by atoms with van der Waals surface area (Å²) < 4.78 is 5.22. The van der Waals surface area contributed by atoms with Crippen LogP contribution in [-0.2, 0) is 4.74 Å². The van der Waals surface area contributed by atoms with Crippen molar-refractivity contribution in [2.75, 3.05) is 38.4 Å². The van der Waals surface area contributed by atoms with Gasteiger partial charge in [-0.25, -0.2) is 0 Å². The van der Waals surface area contributed by atoms with Gasteiger partial charge in [0, 0.05) is 19.0 Å². The topological polar surface area (TPSA) is 12.5 Å². The van der Waals surface area contributed by atoms with Crippen LogP contribution in [0.2, 0.25) is 0 Å². The smallest absolute Gasteiger partial charge is 0.0594 e. The van der Waals surface area contributed by atoms with Gasteiger partial charge in [0.2, 0.25) is 0 Å². The van der Waals surface area contributed by atoms with Gasteiger partial charge in [-0.2, -0.15) is 9.93 Å². The maximum Gasteiger partial charge on any atom is 0.0594 e. The summed E-state index contributed by atoms with van der Waals surface area (Å²) in [4.78, 5) is 2.42. The summed E-state index contributed by atoms with van der Waals surface area (Å²) >= 11 is 4.39. The molecule has 0 aromatic rings. The van der Waals surface area contributed by atoms with Crippen molar-refractivity contribution in [3.63, 3.8) is 0 Å². The van der Waals surface area contributed by atoms with E-state index >= 15 is 0 Å². The standard InChI is InChI=1S/C6H15NOS2/c1-10(9)6-7-2-4-8-5-3-7/h9-10H,2-6H2,1H3. The Morgan fingerprint density at radius 2 is 2.10 bits per heavy atom. The zero-order valence-electron chi connectivity index (χ0n) is 6.29. The molecule has 1 fully saturated rings. The lowest BCUT2D eigenvalue weighted by molar-refractivity contribution is 0.0473. The Morgan fingerprint density at radius 3 is 2.60 bits per heavy atom. The van der Waals surface area contributed by atoms with E-state index in [0.717, 1.165) is 32.2 Å². The van der Waals surface area contributed by atoms with Crippen LogP contribution in [0, 0.1) is 0 Å². The van der Waals surface area contributed by atoms with E-state index in [1.165, 1.54) is 0 Å². The summed E-state index contributed by atoms with van der Waals surface area (Å²) in [5.74, 6) is 1.15. The average molecular weight is 181 g/mol. The predicted molar refractivity (Wildman–Crippen MR) is 51.2 cm³/mol. The van der Waals surface area contributed by atoms with Gasteiger partial charge in [0.15, 0.2) is 0 Å². The number of hydrogen-bond donors (Lipinski definition) is 2. The Bertz CT molecular complexity index is 93.7. The van der Waals surface area contributed by atoms with Crippen LogP contribution in [0.5, 0.6) is 0 Å². The third-order valence-corrected chi connectivity index (χ3v) is 2.70. The minimum atomic E-state index is -0.0585. The Morgan fingerprint density at radius 1 is 1.50 bits per heavy atom. The van der Waals surface area contributed by atoms with Gasteiger partial charge < -0.3 is 4.74 Å². The molecule has 1 aliphatic heterocycles. The minimum absolute atomic E-state index is 0.0585. The highest BCUT2D eigenvalue weighted by Gasteiger charge is 2.09. The lowest BCUT2D eigenvalue weighted by Crippen LogP contribution is -2.36. The molecule has 2 nitrogen and oxygen atoms in total. The second-order valence-electron chi connectivity index (χ2n) is 2.53. The lowest BCUT2D eigenvalue weighted by Gasteiger charge is -2.28. The second kappa shape index (κ2) is 4.49. The predicted octanol–water partition coefficient (Wildman–Crippen LogP) is 0.752. The van der Waals surface area contributed by atoms with Crippen molar-refractivity contribution < 1.29 is 4.74 Å². The van der Waals surface area contributed by atoms with Gasteiger partial charge >= 0.3 is 0 Å². The molecule has 0 aromatic heterocycles. The first-order valence-corrected chi connectivity index (χ1v) is 6.62. The van der Waals surface area contributed by atoms with Crippen LogP contribution in [0.4, 0.5) is 0 Å². The molecule has 0 N–H and O–H groups in total. The molecule has 0 saturated carbocycles. The van der Waals surface area contributed by atoms with Gasteiger partial charge in [-0.1, -0.05) is 0 Å². The van der Waals surface area contributed by atoms with Gasteiger partial charge in [-0.15, -0.1) is 11.7 Å². The largest absolute Gasteiger partial charge is 0.379 e. The fourth-order valence-corrected chi connectivity index (χ4v) is 2.43. The summed E-state index contributed by atoms with van der Waals surface area (Å²) in [6.45, 7) is 3.98. The number of morpholine rings is 1. The normalized spacial score (nSPS) is 26.4. The van der Waals surface area contributed by atoms with E-state index in [4.69, 9.17) is 4.74 Å². The van der Waals surface area contributed by atoms with E-state index in [2.05, 4.69) is 22.8 Å². The molecule has 0 aliphatic carbocycles. The van der Waals surface area contributed by atoms with Gasteiger partial charge in [-0.3, -0.25) is 4.90 Å². The molecule has 1 rings (SSSR count). The van der Waals surface area contributed by atoms with Crippen LogP contribution >= 0.6 is 21.6 Å². The molecule has 1 atom stereocenters. The van der Waals surface area contributed by atoms with E-state index in [0.29, 0.717) is 0 Å². The highest BCUT2D eigenvalue weighted by atomic mass is 33.1. The van der Waals surface area contributed by atoms with Crippen molar-refractivity contribution in [3.05, 3.63) is 0 Å².